The minimum atomic E-state index is -0.655. The lowest BCUT2D eigenvalue weighted by atomic mass is 10.1. The van der Waals surface area contributed by atoms with Crippen molar-refractivity contribution in [2.75, 3.05) is 6.61 Å². The zero-order valence-electron chi connectivity index (χ0n) is 10.2. The number of benzene rings is 1. The summed E-state index contributed by atoms with van der Waals surface area (Å²) in [6.45, 7) is 5.19. The highest BCUT2D eigenvalue weighted by molar-refractivity contribution is 5.94. The monoisotopic (exact) mass is 236 g/mol. The number of hydrogen-bond acceptors (Lipinski definition) is 4. The Morgan fingerprint density at radius 1 is 1.24 bits per heavy atom. The Balaban J connectivity index is 2.63. The first-order valence-electron chi connectivity index (χ1n) is 5.49. The van der Waals surface area contributed by atoms with E-state index in [1.807, 2.05) is 0 Å². The number of rotatable bonds is 5. The van der Waals surface area contributed by atoms with Gasteiger partial charge in [-0.25, -0.2) is 4.79 Å². The molecule has 0 aliphatic carbocycles. The summed E-state index contributed by atoms with van der Waals surface area (Å²) in [6, 6.07) is 6.64. The number of ketones is 1. The summed E-state index contributed by atoms with van der Waals surface area (Å²) < 4.78 is 10.2. The summed E-state index contributed by atoms with van der Waals surface area (Å²) in [5, 5.41) is 0. The van der Waals surface area contributed by atoms with Gasteiger partial charge in [0, 0.05) is 5.56 Å². The van der Waals surface area contributed by atoms with E-state index in [9.17, 15) is 9.59 Å². The number of Topliss-reactive ketones (excluding diaryl/α,β-unsaturated/α-hetero) is 1. The van der Waals surface area contributed by atoms with Crippen molar-refractivity contribution in [3.8, 4) is 5.75 Å². The average molecular weight is 236 g/mol. The highest BCUT2D eigenvalue weighted by atomic mass is 16.6. The van der Waals surface area contributed by atoms with Crippen molar-refractivity contribution in [3.63, 3.8) is 0 Å². The highest BCUT2D eigenvalue weighted by Gasteiger charge is 2.15. The van der Waals surface area contributed by atoms with Crippen LogP contribution in [0.25, 0.3) is 0 Å². The Labute approximate surface area is 101 Å². The van der Waals surface area contributed by atoms with Gasteiger partial charge in [-0.3, -0.25) is 4.79 Å². The summed E-state index contributed by atoms with van der Waals surface area (Å²) >= 11 is 0. The Kier molecular flexibility index (Phi) is 4.69. The van der Waals surface area contributed by atoms with E-state index in [4.69, 9.17) is 9.47 Å². The van der Waals surface area contributed by atoms with Gasteiger partial charge in [-0.2, -0.15) is 0 Å². The van der Waals surface area contributed by atoms with Crippen molar-refractivity contribution in [1.29, 1.82) is 0 Å². The molecule has 0 N–H and O–H groups in total. The molecule has 0 radical (unpaired) electrons. The van der Waals surface area contributed by atoms with E-state index in [0.29, 0.717) is 17.9 Å². The second kappa shape index (κ2) is 6.03. The Bertz CT molecular complexity index is 394. The summed E-state index contributed by atoms with van der Waals surface area (Å²) in [5.41, 5.74) is 0.612. The number of hydrogen-bond donors (Lipinski definition) is 0. The van der Waals surface area contributed by atoms with Gasteiger partial charge in [0.15, 0.2) is 11.9 Å². The first kappa shape index (κ1) is 13.2. The van der Waals surface area contributed by atoms with Crippen molar-refractivity contribution in [1.82, 2.24) is 0 Å². The second-order valence-corrected chi connectivity index (χ2v) is 3.59. The van der Waals surface area contributed by atoms with Crippen LogP contribution in [0.5, 0.6) is 5.75 Å². The van der Waals surface area contributed by atoms with Gasteiger partial charge in [0.25, 0.3) is 0 Å². The van der Waals surface area contributed by atoms with Crippen molar-refractivity contribution in [2.45, 2.75) is 26.9 Å². The van der Waals surface area contributed by atoms with Crippen molar-refractivity contribution in [3.05, 3.63) is 29.8 Å². The molecular formula is C13H16O4. The van der Waals surface area contributed by atoms with Crippen LogP contribution in [0.15, 0.2) is 24.3 Å². The molecule has 0 aliphatic heterocycles. The van der Waals surface area contributed by atoms with Crippen molar-refractivity contribution >= 4 is 11.8 Å². The van der Waals surface area contributed by atoms with Gasteiger partial charge in [0.05, 0.1) is 6.61 Å². The molecule has 1 atom stereocenters. The number of ether oxygens (including phenoxy) is 2. The second-order valence-electron chi connectivity index (χ2n) is 3.59. The van der Waals surface area contributed by atoms with Gasteiger partial charge < -0.3 is 9.47 Å². The molecule has 4 heteroatoms. The maximum absolute atomic E-state index is 11.3. The van der Waals surface area contributed by atoms with E-state index in [1.165, 1.54) is 6.92 Å². The zero-order chi connectivity index (χ0) is 12.8. The van der Waals surface area contributed by atoms with Crippen molar-refractivity contribution in [2.24, 2.45) is 0 Å². The molecule has 17 heavy (non-hydrogen) atoms. The Hall–Kier alpha value is -1.84. The molecule has 0 fully saturated rings. The van der Waals surface area contributed by atoms with Crippen LogP contribution in [0.2, 0.25) is 0 Å². The van der Waals surface area contributed by atoms with Crippen LogP contribution in [-0.4, -0.2) is 24.5 Å². The highest BCUT2D eigenvalue weighted by Crippen LogP contribution is 2.14. The molecule has 0 saturated carbocycles. The van der Waals surface area contributed by atoms with Crippen LogP contribution in [0.3, 0.4) is 0 Å². The van der Waals surface area contributed by atoms with E-state index in [2.05, 4.69) is 0 Å². The van der Waals surface area contributed by atoms with Crippen LogP contribution in [0.4, 0.5) is 0 Å². The SMILES string of the molecule is CCOC(=O)C(C)Oc1ccc(C(C)=O)cc1. The molecule has 4 nitrogen and oxygen atoms in total. The Morgan fingerprint density at radius 3 is 2.29 bits per heavy atom. The van der Waals surface area contributed by atoms with E-state index in [0.717, 1.165) is 0 Å². The van der Waals surface area contributed by atoms with E-state index in [1.54, 1.807) is 38.1 Å². The van der Waals surface area contributed by atoms with Crippen LogP contribution < -0.4 is 4.74 Å². The third kappa shape index (κ3) is 3.90. The third-order valence-electron chi connectivity index (χ3n) is 2.19. The lowest BCUT2D eigenvalue weighted by Crippen LogP contribution is -2.26. The topological polar surface area (TPSA) is 52.6 Å². The molecule has 0 amide bonds. The van der Waals surface area contributed by atoms with Crippen LogP contribution in [0.1, 0.15) is 31.1 Å². The normalized spacial score (nSPS) is 11.7. The fourth-order valence-corrected chi connectivity index (χ4v) is 1.28. The molecule has 0 spiro atoms. The molecule has 1 aromatic rings. The molecule has 1 rings (SSSR count). The molecule has 0 saturated heterocycles. The molecule has 0 aromatic heterocycles. The number of carbonyl (C=O) groups is 2. The number of esters is 1. The van der Waals surface area contributed by atoms with Crippen molar-refractivity contribution < 1.29 is 19.1 Å². The molecule has 0 aliphatic rings. The van der Waals surface area contributed by atoms with Crippen LogP contribution in [0, 0.1) is 0 Å². The molecule has 0 heterocycles. The average Bonchev–Trinajstić information content (AvgIpc) is 2.30. The maximum Gasteiger partial charge on any atom is 0.347 e. The van der Waals surface area contributed by atoms with Crippen LogP contribution in [-0.2, 0) is 9.53 Å². The van der Waals surface area contributed by atoms with Gasteiger partial charge in [0.2, 0.25) is 0 Å². The summed E-state index contributed by atoms with van der Waals surface area (Å²) in [4.78, 5) is 22.4. The predicted octanol–water partition coefficient (Wildman–Crippen LogP) is 2.22. The standard InChI is InChI=1S/C13H16O4/c1-4-16-13(15)10(3)17-12-7-5-11(6-8-12)9(2)14/h5-8,10H,4H2,1-3H3. The van der Waals surface area contributed by atoms with E-state index < -0.39 is 12.1 Å². The lowest BCUT2D eigenvalue weighted by Gasteiger charge is -2.13. The van der Waals surface area contributed by atoms with Gasteiger partial charge >= 0.3 is 5.97 Å². The summed E-state index contributed by atoms with van der Waals surface area (Å²) in [5.74, 6) is 0.133. The van der Waals surface area contributed by atoms with Gasteiger partial charge in [-0.15, -0.1) is 0 Å². The molecule has 1 unspecified atom stereocenters. The smallest absolute Gasteiger partial charge is 0.347 e. The minimum absolute atomic E-state index is 0.00464. The van der Waals surface area contributed by atoms with Gasteiger partial charge in [-0.1, -0.05) is 0 Å². The molecular weight excluding hydrogens is 220 g/mol. The van der Waals surface area contributed by atoms with Crippen LogP contribution >= 0.6 is 0 Å². The first-order valence-corrected chi connectivity index (χ1v) is 5.49. The van der Waals surface area contributed by atoms with E-state index >= 15 is 0 Å². The Morgan fingerprint density at radius 2 is 1.82 bits per heavy atom. The minimum Gasteiger partial charge on any atom is -0.479 e. The van der Waals surface area contributed by atoms with E-state index in [-0.39, 0.29) is 5.78 Å². The maximum atomic E-state index is 11.3. The number of carbonyl (C=O) groups excluding carboxylic acids is 2. The predicted molar refractivity (Wildman–Crippen MR) is 63.2 cm³/mol. The quantitative estimate of drug-likeness (QED) is 0.581. The fraction of sp³-hybridized carbons (Fsp3) is 0.385. The van der Waals surface area contributed by atoms with Gasteiger partial charge in [0.1, 0.15) is 5.75 Å². The van der Waals surface area contributed by atoms with Gasteiger partial charge in [-0.05, 0) is 45.0 Å². The summed E-state index contributed by atoms with van der Waals surface area (Å²) in [6.07, 6.45) is -0.655. The first-order chi connectivity index (χ1) is 8.04. The molecule has 92 valence electrons. The lowest BCUT2D eigenvalue weighted by molar-refractivity contribution is -0.150. The molecule has 0 bridgehead atoms. The summed E-state index contributed by atoms with van der Waals surface area (Å²) in [7, 11) is 0. The third-order valence-corrected chi connectivity index (χ3v) is 2.19. The molecule has 1 aromatic carbocycles. The fourth-order valence-electron chi connectivity index (χ4n) is 1.28. The largest absolute Gasteiger partial charge is 0.479 e. The zero-order valence-corrected chi connectivity index (χ0v) is 10.2.